The molecule has 2 aliphatic heterocycles. The van der Waals surface area contributed by atoms with Crippen LogP contribution in [-0.4, -0.2) is 36.1 Å². The Balaban J connectivity index is 1.50. The van der Waals surface area contributed by atoms with Crippen molar-refractivity contribution in [1.82, 2.24) is 10.2 Å². The lowest BCUT2D eigenvalue weighted by molar-refractivity contribution is -0.133. The second kappa shape index (κ2) is 7.94. The highest BCUT2D eigenvalue weighted by Gasteiger charge is 2.49. The first-order valence-corrected chi connectivity index (χ1v) is 10.3. The highest BCUT2D eigenvalue weighted by atomic mass is 16.7. The Bertz CT molecular complexity index is 1050. The van der Waals surface area contributed by atoms with Crippen LogP contribution in [0.25, 0.3) is 0 Å². The first-order valence-electron chi connectivity index (χ1n) is 10.3. The molecule has 4 amide bonds. The van der Waals surface area contributed by atoms with E-state index in [0.717, 1.165) is 16.9 Å². The van der Waals surface area contributed by atoms with Crippen molar-refractivity contribution >= 4 is 23.5 Å². The maximum atomic E-state index is 13.1. The molecule has 4 rings (SSSR count). The van der Waals surface area contributed by atoms with E-state index >= 15 is 0 Å². The van der Waals surface area contributed by atoms with Crippen molar-refractivity contribution in [3.63, 3.8) is 0 Å². The average Bonchev–Trinajstić information content (AvgIpc) is 3.32. The van der Waals surface area contributed by atoms with E-state index in [2.05, 4.69) is 24.5 Å². The van der Waals surface area contributed by atoms with Gasteiger partial charge in [-0.2, -0.15) is 0 Å². The molecular formula is C23H25N3O5. The summed E-state index contributed by atoms with van der Waals surface area (Å²) in [6.07, 6.45) is 0.924. The minimum absolute atomic E-state index is 0.111. The first-order chi connectivity index (χ1) is 14.8. The van der Waals surface area contributed by atoms with Gasteiger partial charge in [-0.05, 0) is 48.6 Å². The number of anilines is 1. The molecule has 0 spiro atoms. The third kappa shape index (κ3) is 3.69. The molecule has 0 aromatic heterocycles. The first kappa shape index (κ1) is 20.7. The van der Waals surface area contributed by atoms with Gasteiger partial charge in [0.25, 0.3) is 5.91 Å². The maximum absolute atomic E-state index is 13.1. The van der Waals surface area contributed by atoms with Crippen molar-refractivity contribution in [1.29, 1.82) is 0 Å². The smallest absolute Gasteiger partial charge is 0.325 e. The van der Waals surface area contributed by atoms with E-state index in [4.69, 9.17) is 9.47 Å². The van der Waals surface area contributed by atoms with Crippen molar-refractivity contribution in [2.75, 3.05) is 18.7 Å². The van der Waals surface area contributed by atoms with Gasteiger partial charge in [-0.3, -0.25) is 14.5 Å². The van der Waals surface area contributed by atoms with Crippen molar-refractivity contribution in [3.05, 3.63) is 53.6 Å². The number of fused-ring (bicyclic) bond motifs is 1. The molecule has 31 heavy (non-hydrogen) atoms. The predicted octanol–water partition coefficient (Wildman–Crippen LogP) is 3.33. The van der Waals surface area contributed by atoms with Crippen LogP contribution in [0.1, 0.15) is 44.2 Å². The van der Waals surface area contributed by atoms with Gasteiger partial charge in [0.05, 0.1) is 0 Å². The standard InChI is InChI=1S/C23H25N3O5/c1-4-14(2)16-7-5-6-8-17(16)24-20(27)12-26-21(28)23(3,25-22(26)29)15-9-10-18-19(11-15)31-13-30-18/h5-11,14H,4,12-13H2,1-3H3,(H,24,27)(H,25,29)/t14-,23+/m1/s1. The number of hydrogen-bond donors (Lipinski definition) is 2. The molecule has 2 atom stereocenters. The molecule has 0 bridgehead atoms. The lowest BCUT2D eigenvalue weighted by Gasteiger charge is -2.22. The number of ether oxygens (including phenoxy) is 2. The van der Waals surface area contributed by atoms with Crippen molar-refractivity contribution in [2.24, 2.45) is 0 Å². The van der Waals surface area contributed by atoms with Gasteiger partial charge in [0.2, 0.25) is 12.7 Å². The molecule has 2 aromatic carbocycles. The third-order valence-electron chi connectivity index (χ3n) is 5.90. The Morgan fingerprint density at radius 3 is 2.71 bits per heavy atom. The minimum atomic E-state index is -1.30. The largest absolute Gasteiger partial charge is 0.454 e. The van der Waals surface area contributed by atoms with E-state index in [0.29, 0.717) is 22.7 Å². The van der Waals surface area contributed by atoms with Crippen LogP contribution >= 0.6 is 0 Å². The maximum Gasteiger partial charge on any atom is 0.325 e. The lowest BCUT2D eigenvalue weighted by atomic mass is 9.91. The quantitative estimate of drug-likeness (QED) is 0.695. The van der Waals surface area contributed by atoms with Crippen LogP contribution in [0.5, 0.6) is 11.5 Å². The van der Waals surface area contributed by atoms with Gasteiger partial charge in [0, 0.05) is 5.69 Å². The summed E-state index contributed by atoms with van der Waals surface area (Å²) in [6, 6.07) is 12.0. The second-order valence-corrected chi connectivity index (χ2v) is 7.96. The Labute approximate surface area is 180 Å². The number of urea groups is 1. The van der Waals surface area contributed by atoms with E-state index < -0.39 is 23.4 Å². The van der Waals surface area contributed by atoms with Crippen LogP contribution in [-0.2, 0) is 15.1 Å². The van der Waals surface area contributed by atoms with Gasteiger partial charge in [-0.25, -0.2) is 4.79 Å². The van der Waals surface area contributed by atoms with Gasteiger partial charge in [-0.1, -0.05) is 38.1 Å². The number of nitrogens with one attached hydrogen (secondary N) is 2. The van der Waals surface area contributed by atoms with Crippen LogP contribution < -0.4 is 20.1 Å². The van der Waals surface area contributed by atoms with E-state index in [-0.39, 0.29) is 19.3 Å². The molecule has 2 heterocycles. The Morgan fingerprint density at radius 2 is 1.94 bits per heavy atom. The Hall–Kier alpha value is -3.55. The highest BCUT2D eigenvalue weighted by Crippen LogP contribution is 2.37. The molecule has 2 N–H and O–H groups in total. The summed E-state index contributed by atoms with van der Waals surface area (Å²) in [4.78, 5) is 39.4. The summed E-state index contributed by atoms with van der Waals surface area (Å²) in [5.41, 5.74) is 0.959. The van der Waals surface area contributed by atoms with E-state index in [1.54, 1.807) is 25.1 Å². The molecule has 0 saturated carbocycles. The number of para-hydroxylation sites is 1. The van der Waals surface area contributed by atoms with Gasteiger partial charge < -0.3 is 20.1 Å². The van der Waals surface area contributed by atoms with Gasteiger partial charge >= 0.3 is 6.03 Å². The molecule has 0 aliphatic carbocycles. The summed E-state index contributed by atoms with van der Waals surface area (Å²) < 4.78 is 10.7. The third-order valence-corrected chi connectivity index (χ3v) is 5.90. The summed E-state index contributed by atoms with van der Waals surface area (Å²) in [7, 11) is 0. The second-order valence-electron chi connectivity index (χ2n) is 7.96. The summed E-state index contributed by atoms with van der Waals surface area (Å²) in [6.45, 7) is 5.51. The molecule has 1 saturated heterocycles. The zero-order chi connectivity index (χ0) is 22.2. The number of rotatable bonds is 6. The van der Waals surface area contributed by atoms with Crippen molar-refractivity contribution < 1.29 is 23.9 Å². The monoisotopic (exact) mass is 423 g/mol. The zero-order valence-electron chi connectivity index (χ0n) is 17.7. The molecule has 2 aromatic rings. The topological polar surface area (TPSA) is 97.0 Å². The molecule has 0 radical (unpaired) electrons. The van der Waals surface area contributed by atoms with Crippen LogP contribution in [0.4, 0.5) is 10.5 Å². The number of carbonyl (C=O) groups excluding carboxylic acids is 3. The van der Waals surface area contributed by atoms with E-state index in [1.807, 2.05) is 24.3 Å². The molecule has 8 heteroatoms. The number of amides is 4. The van der Waals surface area contributed by atoms with Gasteiger partial charge in [0.15, 0.2) is 11.5 Å². The van der Waals surface area contributed by atoms with Crippen LogP contribution in [0.15, 0.2) is 42.5 Å². The summed E-state index contributed by atoms with van der Waals surface area (Å²) in [5.74, 6) is 0.428. The molecule has 1 fully saturated rings. The predicted molar refractivity (Wildman–Crippen MR) is 114 cm³/mol. The SMILES string of the molecule is CC[C@@H](C)c1ccccc1NC(=O)CN1C(=O)N[C@@](C)(c2ccc3c(c2)OCO3)C1=O. The van der Waals surface area contributed by atoms with Crippen LogP contribution in [0, 0.1) is 0 Å². The normalized spacial score (nSPS) is 20.5. The molecular weight excluding hydrogens is 398 g/mol. The molecule has 2 aliphatic rings. The van der Waals surface area contributed by atoms with Crippen molar-refractivity contribution in [2.45, 2.75) is 38.6 Å². The summed E-state index contributed by atoms with van der Waals surface area (Å²) in [5, 5.41) is 5.55. The average molecular weight is 423 g/mol. The number of hydrogen-bond acceptors (Lipinski definition) is 5. The lowest BCUT2D eigenvalue weighted by Crippen LogP contribution is -2.42. The Morgan fingerprint density at radius 1 is 1.19 bits per heavy atom. The number of benzene rings is 2. The van der Waals surface area contributed by atoms with E-state index in [1.165, 1.54) is 0 Å². The Kier molecular flexibility index (Phi) is 5.31. The van der Waals surface area contributed by atoms with Gasteiger partial charge in [-0.15, -0.1) is 0 Å². The van der Waals surface area contributed by atoms with E-state index in [9.17, 15) is 14.4 Å². The molecule has 162 valence electrons. The van der Waals surface area contributed by atoms with Crippen LogP contribution in [0.3, 0.4) is 0 Å². The van der Waals surface area contributed by atoms with Gasteiger partial charge in [0.1, 0.15) is 12.1 Å². The fourth-order valence-corrected chi connectivity index (χ4v) is 3.84. The summed E-state index contributed by atoms with van der Waals surface area (Å²) >= 11 is 0. The number of imide groups is 1. The number of nitrogens with zero attached hydrogens (tertiary/aromatic N) is 1. The molecule has 0 unspecified atom stereocenters. The van der Waals surface area contributed by atoms with Crippen LogP contribution in [0.2, 0.25) is 0 Å². The molecule has 8 nitrogen and oxygen atoms in total. The van der Waals surface area contributed by atoms with Crippen molar-refractivity contribution in [3.8, 4) is 11.5 Å². The fraction of sp³-hybridized carbons (Fsp3) is 0.348. The zero-order valence-corrected chi connectivity index (χ0v) is 17.7. The fourth-order valence-electron chi connectivity index (χ4n) is 3.84. The minimum Gasteiger partial charge on any atom is -0.454 e. The highest BCUT2D eigenvalue weighted by molar-refractivity contribution is 6.10. The number of carbonyl (C=O) groups is 3.